The van der Waals surface area contributed by atoms with Crippen molar-refractivity contribution in [3.05, 3.63) is 59.8 Å². The minimum Gasteiger partial charge on any atom is -0.492 e. The standard InChI is InChI=1S/C18H16N4O4/c19-12(18(25)26)9-10-5-7-11(8-6-10)20-16(23)15-17(24)22-14-4-2-1-3-13(14)21-15/h1-8,12H,9,19H2,(H,20,23)(H,22,24)(H,25,26)/t12-/m0/s1. The molecule has 132 valence electrons. The Hall–Kier alpha value is -3.52. The van der Waals surface area contributed by atoms with Crippen LogP contribution in [0.4, 0.5) is 5.69 Å². The molecule has 3 rings (SSSR count). The minimum absolute atomic E-state index is 0.180. The summed E-state index contributed by atoms with van der Waals surface area (Å²) in [5.74, 6) is -2.13. The first-order valence-electron chi connectivity index (χ1n) is 7.78. The number of aromatic hydroxyl groups is 1. The molecule has 0 fully saturated rings. The maximum absolute atomic E-state index is 12.4. The largest absolute Gasteiger partial charge is 0.492 e. The highest BCUT2D eigenvalue weighted by Gasteiger charge is 2.16. The predicted molar refractivity (Wildman–Crippen MR) is 94.9 cm³/mol. The topological polar surface area (TPSA) is 138 Å². The predicted octanol–water partition coefficient (Wildman–Crippen LogP) is 1.54. The fourth-order valence-electron chi connectivity index (χ4n) is 2.40. The molecule has 1 aromatic heterocycles. The Labute approximate surface area is 148 Å². The third-order valence-corrected chi connectivity index (χ3v) is 3.75. The number of aliphatic carboxylic acids is 1. The van der Waals surface area contributed by atoms with Gasteiger partial charge in [-0.15, -0.1) is 0 Å². The van der Waals surface area contributed by atoms with Gasteiger partial charge in [-0.1, -0.05) is 24.3 Å². The lowest BCUT2D eigenvalue weighted by Crippen LogP contribution is -2.32. The monoisotopic (exact) mass is 352 g/mol. The summed E-state index contributed by atoms with van der Waals surface area (Å²) >= 11 is 0. The van der Waals surface area contributed by atoms with E-state index < -0.39 is 23.8 Å². The molecule has 1 heterocycles. The number of amides is 1. The zero-order valence-corrected chi connectivity index (χ0v) is 13.6. The Morgan fingerprint density at radius 2 is 1.65 bits per heavy atom. The fourth-order valence-corrected chi connectivity index (χ4v) is 2.40. The number of hydrogen-bond donors (Lipinski definition) is 4. The molecule has 26 heavy (non-hydrogen) atoms. The molecule has 1 atom stereocenters. The Morgan fingerprint density at radius 1 is 1.04 bits per heavy atom. The van der Waals surface area contributed by atoms with E-state index in [1.807, 2.05) is 0 Å². The number of nitrogens with one attached hydrogen (secondary N) is 1. The average Bonchev–Trinajstić information content (AvgIpc) is 2.62. The maximum Gasteiger partial charge on any atom is 0.320 e. The van der Waals surface area contributed by atoms with Gasteiger partial charge in [-0.2, -0.15) is 0 Å². The Kier molecular flexibility index (Phi) is 4.76. The Bertz CT molecular complexity index is 973. The average molecular weight is 352 g/mol. The van der Waals surface area contributed by atoms with Crippen LogP contribution < -0.4 is 11.1 Å². The van der Waals surface area contributed by atoms with E-state index in [0.29, 0.717) is 16.7 Å². The molecule has 0 saturated heterocycles. The van der Waals surface area contributed by atoms with Crippen molar-refractivity contribution in [1.82, 2.24) is 9.97 Å². The highest BCUT2D eigenvalue weighted by Crippen LogP contribution is 2.19. The summed E-state index contributed by atoms with van der Waals surface area (Å²) in [7, 11) is 0. The SMILES string of the molecule is N[C@@H](Cc1ccc(NC(=O)c2nc3ccccc3nc2O)cc1)C(=O)O. The van der Waals surface area contributed by atoms with Crippen LogP contribution in [0.2, 0.25) is 0 Å². The summed E-state index contributed by atoms with van der Waals surface area (Å²) in [6.07, 6.45) is 0.181. The fraction of sp³-hybridized carbons (Fsp3) is 0.111. The molecule has 8 nitrogen and oxygen atoms in total. The van der Waals surface area contributed by atoms with Crippen LogP contribution in [-0.2, 0) is 11.2 Å². The first-order valence-corrected chi connectivity index (χ1v) is 7.78. The molecule has 0 radical (unpaired) electrons. The molecule has 0 aliphatic carbocycles. The van der Waals surface area contributed by atoms with Gasteiger partial charge < -0.3 is 21.3 Å². The van der Waals surface area contributed by atoms with Gasteiger partial charge in [0.15, 0.2) is 5.69 Å². The number of fused-ring (bicyclic) bond motifs is 1. The second-order valence-electron chi connectivity index (χ2n) is 5.68. The summed E-state index contributed by atoms with van der Waals surface area (Å²) in [6.45, 7) is 0. The molecule has 0 spiro atoms. The number of para-hydroxylation sites is 2. The van der Waals surface area contributed by atoms with Crippen LogP contribution in [0.5, 0.6) is 5.88 Å². The molecule has 1 amide bonds. The van der Waals surface area contributed by atoms with E-state index >= 15 is 0 Å². The Morgan fingerprint density at radius 3 is 2.27 bits per heavy atom. The van der Waals surface area contributed by atoms with Crippen molar-refractivity contribution in [2.75, 3.05) is 5.32 Å². The first kappa shape index (κ1) is 17.3. The first-order chi connectivity index (χ1) is 12.4. The molecule has 0 aliphatic heterocycles. The summed E-state index contributed by atoms with van der Waals surface area (Å²) in [5.41, 5.74) is 7.49. The van der Waals surface area contributed by atoms with Gasteiger partial charge in [0.05, 0.1) is 11.0 Å². The van der Waals surface area contributed by atoms with Crippen molar-refractivity contribution in [2.24, 2.45) is 5.73 Å². The van der Waals surface area contributed by atoms with E-state index in [0.717, 1.165) is 5.56 Å². The number of benzene rings is 2. The smallest absolute Gasteiger partial charge is 0.320 e. The zero-order chi connectivity index (χ0) is 18.7. The van der Waals surface area contributed by atoms with Crippen molar-refractivity contribution in [3.8, 4) is 5.88 Å². The van der Waals surface area contributed by atoms with Gasteiger partial charge in [0.25, 0.3) is 5.91 Å². The van der Waals surface area contributed by atoms with Crippen LogP contribution in [-0.4, -0.2) is 38.1 Å². The van der Waals surface area contributed by atoms with Crippen LogP contribution >= 0.6 is 0 Å². The maximum atomic E-state index is 12.4. The van der Waals surface area contributed by atoms with Gasteiger partial charge in [-0.05, 0) is 36.2 Å². The molecular weight excluding hydrogens is 336 g/mol. The molecule has 2 aromatic carbocycles. The summed E-state index contributed by atoms with van der Waals surface area (Å²) in [6, 6.07) is 12.5. The molecule has 3 aromatic rings. The van der Waals surface area contributed by atoms with Crippen LogP contribution in [0.1, 0.15) is 16.1 Å². The van der Waals surface area contributed by atoms with E-state index in [1.165, 1.54) is 0 Å². The van der Waals surface area contributed by atoms with Gasteiger partial charge in [0.1, 0.15) is 6.04 Å². The van der Waals surface area contributed by atoms with Crippen LogP contribution in [0.15, 0.2) is 48.5 Å². The van der Waals surface area contributed by atoms with Crippen molar-refractivity contribution in [1.29, 1.82) is 0 Å². The number of anilines is 1. The van der Waals surface area contributed by atoms with Crippen molar-refractivity contribution < 1.29 is 19.8 Å². The van der Waals surface area contributed by atoms with E-state index in [1.54, 1.807) is 48.5 Å². The summed E-state index contributed by atoms with van der Waals surface area (Å²) in [5, 5.41) is 21.4. The van der Waals surface area contributed by atoms with Crippen molar-refractivity contribution in [3.63, 3.8) is 0 Å². The highest BCUT2D eigenvalue weighted by atomic mass is 16.4. The molecule has 0 bridgehead atoms. The number of carbonyl (C=O) groups excluding carboxylic acids is 1. The number of carboxylic acids is 1. The minimum atomic E-state index is -1.08. The molecule has 0 saturated carbocycles. The van der Waals surface area contributed by atoms with Gasteiger partial charge in [-0.25, -0.2) is 9.97 Å². The van der Waals surface area contributed by atoms with E-state index in [4.69, 9.17) is 10.8 Å². The normalized spacial score (nSPS) is 11.9. The number of nitrogens with two attached hydrogens (primary N) is 1. The molecule has 8 heteroatoms. The van der Waals surface area contributed by atoms with Gasteiger partial charge in [0.2, 0.25) is 5.88 Å². The van der Waals surface area contributed by atoms with Crippen LogP contribution in [0.3, 0.4) is 0 Å². The van der Waals surface area contributed by atoms with E-state index in [-0.39, 0.29) is 12.1 Å². The number of nitrogens with zero attached hydrogens (tertiary/aromatic N) is 2. The molecular formula is C18H16N4O4. The van der Waals surface area contributed by atoms with Gasteiger partial charge in [-0.3, -0.25) is 9.59 Å². The highest BCUT2D eigenvalue weighted by molar-refractivity contribution is 6.05. The number of carbonyl (C=O) groups is 2. The second kappa shape index (κ2) is 7.16. The number of rotatable bonds is 5. The van der Waals surface area contributed by atoms with Gasteiger partial charge in [0, 0.05) is 5.69 Å². The quantitative estimate of drug-likeness (QED) is 0.546. The number of carboxylic acid groups (broad SMARTS) is 1. The molecule has 0 aliphatic rings. The lowest BCUT2D eigenvalue weighted by molar-refractivity contribution is -0.138. The zero-order valence-electron chi connectivity index (χ0n) is 13.6. The van der Waals surface area contributed by atoms with Gasteiger partial charge >= 0.3 is 5.97 Å². The lowest BCUT2D eigenvalue weighted by atomic mass is 10.1. The summed E-state index contributed by atoms with van der Waals surface area (Å²) in [4.78, 5) is 31.2. The van der Waals surface area contributed by atoms with E-state index in [9.17, 15) is 14.7 Å². The van der Waals surface area contributed by atoms with Crippen molar-refractivity contribution >= 4 is 28.6 Å². The Balaban J connectivity index is 1.75. The molecule has 0 unspecified atom stereocenters. The lowest BCUT2D eigenvalue weighted by Gasteiger charge is -2.09. The van der Waals surface area contributed by atoms with Crippen LogP contribution in [0.25, 0.3) is 11.0 Å². The third-order valence-electron chi connectivity index (χ3n) is 3.75. The van der Waals surface area contributed by atoms with Crippen molar-refractivity contribution in [2.45, 2.75) is 12.5 Å². The van der Waals surface area contributed by atoms with Crippen LogP contribution in [0, 0.1) is 0 Å². The number of hydrogen-bond acceptors (Lipinski definition) is 6. The van der Waals surface area contributed by atoms with E-state index in [2.05, 4.69) is 15.3 Å². The summed E-state index contributed by atoms with van der Waals surface area (Å²) < 4.78 is 0. The number of aromatic nitrogens is 2. The molecule has 5 N–H and O–H groups in total. The third kappa shape index (κ3) is 3.76. The second-order valence-corrected chi connectivity index (χ2v) is 5.68.